The molecular formula is C27H33N3O5. The molecule has 1 heterocycles. The second kappa shape index (κ2) is 13.3. The van der Waals surface area contributed by atoms with Gasteiger partial charge in [0.1, 0.15) is 11.8 Å². The number of phenols is 1. The van der Waals surface area contributed by atoms with Gasteiger partial charge in [-0.25, -0.2) is 0 Å². The van der Waals surface area contributed by atoms with Gasteiger partial charge in [0.2, 0.25) is 11.8 Å². The van der Waals surface area contributed by atoms with Crippen LogP contribution in [0.5, 0.6) is 5.75 Å². The fourth-order valence-corrected chi connectivity index (χ4v) is 3.90. The minimum absolute atomic E-state index is 0.0362. The topological polar surface area (TPSA) is 113 Å². The molecule has 2 atom stereocenters. The number of aliphatic hydroxyl groups excluding tert-OH is 2. The Morgan fingerprint density at radius 1 is 1.06 bits per heavy atom. The van der Waals surface area contributed by atoms with Gasteiger partial charge in [0.25, 0.3) is 0 Å². The maximum absolute atomic E-state index is 13.4. The molecule has 2 amide bonds. The molecule has 0 saturated heterocycles. The summed E-state index contributed by atoms with van der Waals surface area (Å²) < 4.78 is 0. The van der Waals surface area contributed by atoms with Gasteiger partial charge in [0.05, 0.1) is 12.7 Å². The Labute approximate surface area is 205 Å². The molecule has 0 aromatic heterocycles. The van der Waals surface area contributed by atoms with Crippen LogP contribution in [0.25, 0.3) is 0 Å². The molecule has 0 bridgehead atoms. The summed E-state index contributed by atoms with van der Waals surface area (Å²) in [4.78, 5) is 30.2. The van der Waals surface area contributed by atoms with E-state index in [0.717, 1.165) is 12.1 Å². The fourth-order valence-electron chi connectivity index (χ4n) is 3.90. The molecule has 1 aliphatic rings. The largest absolute Gasteiger partial charge is 0.508 e. The van der Waals surface area contributed by atoms with Gasteiger partial charge in [-0.3, -0.25) is 9.59 Å². The van der Waals surface area contributed by atoms with Gasteiger partial charge in [0, 0.05) is 32.6 Å². The Morgan fingerprint density at radius 2 is 1.80 bits per heavy atom. The summed E-state index contributed by atoms with van der Waals surface area (Å²) in [5, 5.41) is 32.3. The van der Waals surface area contributed by atoms with E-state index in [0.29, 0.717) is 18.5 Å². The van der Waals surface area contributed by atoms with Crippen molar-refractivity contribution in [2.75, 3.05) is 26.2 Å². The Balaban J connectivity index is 1.79. The Hall–Kier alpha value is -3.62. The minimum atomic E-state index is -1.20. The van der Waals surface area contributed by atoms with Gasteiger partial charge in [-0.1, -0.05) is 54.6 Å². The van der Waals surface area contributed by atoms with E-state index < -0.39 is 24.7 Å². The van der Waals surface area contributed by atoms with Gasteiger partial charge in [-0.05, 0) is 42.0 Å². The molecule has 2 aromatic rings. The highest BCUT2D eigenvalue weighted by molar-refractivity contribution is 5.88. The molecule has 0 aliphatic carbocycles. The molecule has 2 aromatic carbocycles. The third-order valence-electron chi connectivity index (χ3n) is 5.74. The van der Waals surface area contributed by atoms with E-state index in [2.05, 4.69) is 10.2 Å². The predicted octanol–water partition coefficient (Wildman–Crippen LogP) is 2.10. The van der Waals surface area contributed by atoms with Gasteiger partial charge in [-0.15, -0.1) is 0 Å². The SMILES string of the molecule is O=C(NCc1ccccc1)C(c1ccc(O)cc1)N(CC(O)CO)C(=O)CCCN1C=CC=CC1. The minimum Gasteiger partial charge on any atom is -0.508 e. The van der Waals surface area contributed by atoms with Gasteiger partial charge < -0.3 is 30.4 Å². The van der Waals surface area contributed by atoms with Crippen LogP contribution in [0.15, 0.2) is 79.0 Å². The van der Waals surface area contributed by atoms with Crippen LogP contribution in [0.3, 0.4) is 0 Å². The number of nitrogens with zero attached hydrogens (tertiary/aromatic N) is 2. The van der Waals surface area contributed by atoms with Crippen molar-refractivity contribution in [3.8, 4) is 5.75 Å². The second-order valence-corrected chi connectivity index (χ2v) is 8.45. The first-order chi connectivity index (χ1) is 17.0. The number of benzene rings is 2. The lowest BCUT2D eigenvalue weighted by Gasteiger charge is -2.33. The lowest BCUT2D eigenvalue weighted by molar-refractivity contribution is -0.143. The maximum atomic E-state index is 13.4. The number of rotatable bonds is 12. The first-order valence-corrected chi connectivity index (χ1v) is 11.7. The number of hydrogen-bond donors (Lipinski definition) is 4. The zero-order chi connectivity index (χ0) is 25.0. The average molecular weight is 480 g/mol. The van der Waals surface area contributed by atoms with Crippen molar-refractivity contribution >= 4 is 11.8 Å². The molecule has 8 heteroatoms. The number of carbonyl (C=O) groups excluding carboxylic acids is 2. The Kier molecular flexibility index (Phi) is 9.89. The van der Waals surface area contributed by atoms with E-state index in [9.17, 15) is 24.9 Å². The summed E-state index contributed by atoms with van der Waals surface area (Å²) in [6, 6.07) is 14.4. The van der Waals surface area contributed by atoms with Crippen LogP contribution in [0, 0.1) is 0 Å². The van der Waals surface area contributed by atoms with E-state index in [4.69, 9.17) is 0 Å². The van der Waals surface area contributed by atoms with Crippen LogP contribution >= 0.6 is 0 Å². The standard InChI is InChI=1S/C27H33N3O5/c31-20-24(33)19-30(25(34)10-7-17-29-15-5-2-6-16-29)26(22-11-13-23(32)14-12-22)27(35)28-18-21-8-3-1-4-9-21/h1-6,8-9,11-15,24,26,31-33H,7,10,16-20H2,(H,28,35). The molecule has 186 valence electrons. The molecule has 0 saturated carbocycles. The van der Waals surface area contributed by atoms with Crippen LogP contribution in [0.1, 0.15) is 30.0 Å². The molecule has 0 fully saturated rings. The molecule has 35 heavy (non-hydrogen) atoms. The van der Waals surface area contributed by atoms with Crippen LogP contribution in [0.2, 0.25) is 0 Å². The van der Waals surface area contributed by atoms with E-state index in [-0.39, 0.29) is 31.2 Å². The number of phenolic OH excluding ortho intramolecular Hbond substituents is 1. The molecule has 0 spiro atoms. The smallest absolute Gasteiger partial charge is 0.247 e. The molecule has 0 radical (unpaired) electrons. The van der Waals surface area contributed by atoms with Crippen molar-refractivity contribution in [1.29, 1.82) is 0 Å². The Bertz CT molecular complexity index is 1010. The summed E-state index contributed by atoms with van der Waals surface area (Å²) in [7, 11) is 0. The summed E-state index contributed by atoms with van der Waals surface area (Å²) in [5.41, 5.74) is 1.40. The van der Waals surface area contributed by atoms with Crippen molar-refractivity contribution < 1.29 is 24.9 Å². The van der Waals surface area contributed by atoms with Crippen LogP contribution in [0.4, 0.5) is 0 Å². The molecule has 2 unspecified atom stereocenters. The molecule has 1 aliphatic heterocycles. The molecular weight excluding hydrogens is 446 g/mol. The van der Waals surface area contributed by atoms with Crippen molar-refractivity contribution in [2.45, 2.75) is 31.5 Å². The summed E-state index contributed by atoms with van der Waals surface area (Å²) in [5.74, 6) is -0.682. The monoisotopic (exact) mass is 479 g/mol. The number of aliphatic hydroxyl groups is 2. The lowest BCUT2D eigenvalue weighted by Crippen LogP contribution is -2.47. The van der Waals surface area contributed by atoms with Crippen molar-refractivity contribution in [1.82, 2.24) is 15.1 Å². The first kappa shape index (κ1) is 26.0. The predicted molar refractivity (Wildman–Crippen MR) is 133 cm³/mol. The molecule has 4 N–H and O–H groups in total. The summed E-state index contributed by atoms with van der Waals surface area (Å²) >= 11 is 0. The quantitative estimate of drug-likeness (QED) is 0.371. The highest BCUT2D eigenvalue weighted by Gasteiger charge is 2.32. The van der Waals surface area contributed by atoms with Crippen molar-refractivity contribution in [2.24, 2.45) is 0 Å². The van der Waals surface area contributed by atoms with Crippen LogP contribution < -0.4 is 5.32 Å². The van der Waals surface area contributed by atoms with Gasteiger partial charge in [0.15, 0.2) is 0 Å². The summed E-state index contributed by atoms with van der Waals surface area (Å²) in [6.45, 7) is 0.977. The average Bonchev–Trinajstić information content (AvgIpc) is 2.89. The number of allylic oxidation sites excluding steroid dienone is 2. The number of hydrogen-bond acceptors (Lipinski definition) is 6. The van der Waals surface area contributed by atoms with Crippen LogP contribution in [-0.4, -0.2) is 69.3 Å². The second-order valence-electron chi connectivity index (χ2n) is 8.45. The number of carbonyl (C=O) groups is 2. The van der Waals surface area contributed by atoms with Gasteiger partial charge >= 0.3 is 0 Å². The zero-order valence-electron chi connectivity index (χ0n) is 19.7. The van der Waals surface area contributed by atoms with E-state index >= 15 is 0 Å². The zero-order valence-corrected chi connectivity index (χ0v) is 19.7. The number of aromatic hydroxyl groups is 1. The fraction of sp³-hybridized carbons (Fsp3) is 0.333. The van der Waals surface area contributed by atoms with Crippen LogP contribution in [-0.2, 0) is 16.1 Å². The maximum Gasteiger partial charge on any atom is 0.247 e. The highest BCUT2D eigenvalue weighted by Crippen LogP contribution is 2.25. The third-order valence-corrected chi connectivity index (χ3v) is 5.74. The first-order valence-electron chi connectivity index (χ1n) is 11.7. The number of amides is 2. The highest BCUT2D eigenvalue weighted by atomic mass is 16.3. The van der Waals surface area contributed by atoms with E-state index in [1.807, 2.05) is 54.8 Å². The number of nitrogens with one attached hydrogen (secondary N) is 1. The van der Waals surface area contributed by atoms with E-state index in [1.54, 1.807) is 12.1 Å². The summed E-state index contributed by atoms with van der Waals surface area (Å²) in [6.07, 6.45) is 7.44. The van der Waals surface area contributed by atoms with Gasteiger partial charge in [-0.2, -0.15) is 0 Å². The Morgan fingerprint density at radius 3 is 2.46 bits per heavy atom. The van der Waals surface area contributed by atoms with Crippen molar-refractivity contribution in [3.05, 3.63) is 90.2 Å². The van der Waals surface area contributed by atoms with Crippen molar-refractivity contribution in [3.63, 3.8) is 0 Å². The lowest BCUT2D eigenvalue weighted by atomic mass is 10.0. The third kappa shape index (κ3) is 7.98. The molecule has 8 nitrogen and oxygen atoms in total. The normalized spacial score (nSPS) is 14.4. The molecule has 3 rings (SSSR count). The van der Waals surface area contributed by atoms with E-state index in [1.165, 1.54) is 17.0 Å².